The summed E-state index contributed by atoms with van der Waals surface area (Å²) in [6, 6.07) is 12.7. The highest BCUT2D eigenvalue weighted by atomic mass is 32.2. The monoisotopic (exact) mass is 311 g/mol. The molecule has 2 aromatic rings. The molecule has 0 aromatic heterocycles. The first-order chi connectivity index (χ1) is 9.88. The minimum Gasteiger partial charge on any atom is -0.323 e. The van der Waals surface area contributed by atoms with E-state index in [4.69, 9.17) is 5.73 Å². The normalized spacial score (nSPS) is 13.2. The van der Waals surface area contributed by atoms with Crippen molar-refractivity contribution in [1.29, 1.82) is 0 Å². The molecular formula is C16H16F3NS. The van der Waals surface area contributed by atoms with Crippen molar-refractivity contribution in [2.75, 3.05) is 5.75 Å². The zero-order chi connectivity index (χ0) is 15.5. The van der Waals surface area contributed by atoms with Crippen LogP contribution in [0.25, 0.3) is 0 Å². The summed E-state index contributed by atoms with van der Waals surface area (Å²) in [4.78, 5) is 1.10. The van der Waals surface area contributed by atoms with Gasteiger partial charge in [-0.25, -0.2) is 0 Å². The number of benzene rings is 2. The SMILES string of the molecule is Cc1ccccc1SCC(N)c1cccc(C(F)(F)F)c1. The molecule has 0 aliphatic carbocycles. The molecule has 0 heterocycles. The number of nitrogens with two attached hydrogens (primary N) is 1. The first-order valence-corrected chi connectivity index (χ1v) is 7.47. The molecule has 0 spiro atoms. The van der Waals surface area contributed by atoms with E-state index in [1.165, 1.54) is 6.07 Å². The molecule has 0 bridgehead atoms. The number of halogens is 3. The molecule has 0 fully saturated rings. The molecule has 2 N–H and O–H groups in total. The van der Waals surface area contributed by atoms with Gasteiger partial charge in [-0.1, -0.05) is 30.3 Å². The van der Waals surface area contributed by atoms with E-state index in [0.717, 1.165) is 22.6 Å². The molecule has 112 valence electrons. The third-order valence-corrected chi connectivity index (χ3v) is 4.45. The maximum Gasteiger partial charge on any atom is 0.416 e. The van der Waals surface area contributed by atoms with Crippen LogP contribution in [0.3, 0.4) is 0 Å². The summed E-state index contributed by atoms with van der Waals surface area (Å²) in [7, 11) is 0. The summed E-state index contributed by atoms with van der Waals surface area (Å²) in [5, 5.41) is 0. The smallest absolute Gasteiger partial charge is 0.323 e. The molecule has 1 unspecified atom stereocenters. The predicted molar refractivity (Wildman–Crippen MR) is 80.3 cm³/mol. The Kier molecular flexibility index (Phi) is 4.96. The number of rotatable bonds is 4. The molecule has 0 saturated heterocycles. The van der Waals surface area contributed by atoms with Gasteiger partial charge in [-0.3, -0.25) is 0 Å². The van der Waals surface area contributed by atoms with Gasteiger partial charge < -0.3 is 5.73 Å². The van der Waals surface area contributed by atoms with E-state index in [0.29, 0.717) is 11.3 Å². The zero-order valence-corrected chi connectivity index (χ0v) is 12.3. The van der Waals surface area contributed by atoms with Gasteiger partial charge in [0, 0.05) is 16.7 Å². The van der Waals surface area contributed by atoms with Crippen LogP contribution in [-0.2, 0) is 6.18 Å². The molecule has 0 aliphatic rings. The molecule has 5 heteroatoms. The van der Waals surface area contributed by atoms with Crippen molar-refractivity contribution in [1.82, 2.24) is 0 Å². The lowest BCUT2D eigenvalue weighted by molar-refractivity contribution is -0.137. The van der Waals surface area contributed by atoms with Crippen molar-refractivity contribution < 1.29 is 13.2 Å². The van der Waals surface area contributed by atoms with Crippen LogP contribution in [0.15, 0.2) is 53.4 Å². The Morgan fingerprint density at radius 3 is 2.48 bits per heavy atom. The van der Waals surface area contributed by atoms with Gasteiger partial charge in [0.15, 0.2) is 0 Å². The highest BCUT2D eigenvalue weighted by Crippen LogP contribution is 2.32. The van der Waals surface area contributed by atoms with E-state index in [1.807, 2.05) is 31.2 Å². The van der Waals surface area contributed by atoms with Crippen LogP contribution in [0.5, 0.6) is 0 Å². The van der Waals surface area contributed by atoms with Gasteiger partial charge in [0.25, 0.3) is 0 Å². The molecular weight excluding hydrogens is 295 g/mol. The quantitative estimate of drug-likeness (QED) is 0.820. The van der Waals surface area contributed by atoms with E-state index < -0.39 is 17.8 Å². The summed E-state index contributed by atoms with van der Waals surface area (Å²) in [6.45, 7) is 2.00. The Morgan fingerprint density at radius 1 is 1.10 bits per heavy atom. The predicted octanol–water partition coefficient (Wildman–Crippen LogP) is 4.81. The van der Waals surface area contributed by atoms with Gasteiger partial charge in [-0.15, -0.1) is 11.8 Å². The van der Waals surface area contributed by atoms with Crippen molar-refractivity contribution in [2.45, 2.75) is 24.0 Å². The maximum atomic E-state index is 12.7. The molecule has 21 heavy (non-hydrogen) atoms. The lowest BCUT2D eigenvalue weighted by Gasteiger charge is -2.15. The molecule has 0 radical (unpaired) electrons. The largest absolute Gasteiger partial charge is 0.416 e. The first-order valence-electron chi connectivity index (χ1n) is 6.49. The topological polar surface area (TPSA) is 26.0 Å². The third kappa shape index (κ3) is 4.25. The molecule has 1 nitrogen and oxygen atoms in total. The Balaban J connectivity index is 2.07. The minimum atomic E-state index is -4.33. The molecule has 0 amide bonds. The average molecular weight is 311 g/mol. The van der Waals surface area contributed by atoms with Crippen molar-refractivity contribution in [3.63, 3.8) is 0 Å². The average Bonchev–Trinajstić information content (AvgIpc) is 2.45. The van der Waals surface area contributed by atoms with Crippen LogP contribution in [0.1, 0.15) is 22.7 Å². The fraction of sp³-hybridized carbons (Fsp3) is 0.250. The standard InChI is InChI=1S/C16H16F3NS/c1-11-5-2-3-8-15(11)21-10-14(20)12-6-4-7-13(9-12)16(17,18)19/h2-9,14H,10,20H2,1H3. The molecule has 0 saturated carbocycles. The van der Waals surface area contributed by atoms with Gasteiger partial charge in [0.2, 0.25) is 0 Å². The Labute approximate surface area is 126 Å². The van der Waals surface area contributed by atoms with E-state index in [9.17, 15) is 13.2 Å². The second-order valence-electron chi connectivity index (χ2n) is 4.81. The summed E-state index contributed by atoms with van der Waals surface area (Å²) < 4.78 is 38.1. The van der Waals surface area contributed by atoms with E-state index in [2.05, 4.69) is 0 Å². The van der Waals surface area contributed by atoms with Crippen molar-refractivity contribution in [2.24, 2.45) is 5.73 Å². The van der Waals surface area contributed by atoms with Gasteiger partial charge >= 0.3 is 6.18 Å². The Hall–Kier alpha value is -1.46. The number of thioether (sulfide) groups is 1. The van der Waals surface area contributed by atoms with Crippen molar-refractivity contribution in [3.8, 4) is 0 Å². The second-order valence-corrected chi connectivity index (χ2v) is 5.87. The van der Waals surface area contributed by atoms with Crippen LogP contribution in [0, 0.1) is 6.92 Å². The molecule has 2 aromatic carbocycles. The summed E-state index contributed by atoms with van der Waals surface area (Å²) >= 11 is 1.56. The highest BCUT2D eigenvalue weighted by Gasteiger charge is 2.30. The highest BCUT2D eigenvalue weighted by molar-refractivity contribution is 7.99. The van der Waals surface area contributed by atoms with Crippen LogP contribution >= 0.6 is 11.8 Å². The van der Waals surface area contributed by atoms with Crippen molar-refractivity contribution >= 4 is 11.8 Å². The lowest BCUT2D eigenvalue weighted by Crippen LogP contribution is -2.14. The van der Waals surface area contributed by atoms with Crippen LogP contribution in [0.2, 0.25) is 0 Å². The summed E-state index contributed by atoms with van der Waals surface area (Å²) in [5.74, 6) is 0.534. The van der Waals surface area contributed by atoms with E-state index in [-0.39, 0.29) is 0 Å². The maximum absolute atomic E-state index is 12.7. The van der Waals surface area contributed by atoms with Gasteiger partial charge in [-0.2, -0.15) is 13.2 Å². The fourth-order valence-corrected chi connectivity index (χ4v) is 2.96. The molecule has 0 aliphatic heterocycles. The van der Waals surface area contributed by atoms with Gasteiger partial charge in [-0.05, 0) is 36.2 Å². The molecule has 2 rings (SSSR count). The third-order valence-electron chi connectivity index (χ3n) is 3.15. The number of aryl methyl sites for hydroxylation is 1. The Bertz CT molecular complexity index is 610. The van der Waals surface area contributed by atoms with Crippen LogP contribution in [-0.4, -0.2) is 5.75 Å². The summed E-state index contributed by atoms with van der Waals surface area (Å²) in [5.41, 5.74) is 7.00. The zero-order valence-electron chi connectivity index (χ0n) is 11.5. The van der Waals surface area contributed by atoms with Gasteiger partial charge in [0.05, 0.1) is 5.56 Å². The van der Waals surface area contributed by atoms with Crippen LogP contribution in [0.4, 0.5) is 13.2 Å². The first kappa shape index (κ1) is 15.9. The summed E-state index contributed by atoms with van der Waals surface area (Å²) in [6.07, 6.45) is -4.33. The minimum absolute atomic E-state index is 0.433. The van der Waals surface area contributed by atoms with E-state index in [1.54, 1.807) is 17.8 Å². The second kappa shape index (κ2) is 6.54. The number of alkyl halides is 3. The van der Waals surface area contributed by atoms with E-state index >= 15 is 0 Å². The fourth-order valence-electron chi connectivity index (χ4n) is 1.94. The van der Waals surface area contributed by atoms with Gasteiger partial charge in [0.1, 0.15) is 0 Å². The van der Waals surface area contributed by atoms with Crippen LogP contribution < -0.4 is 5.73 Å². The molecule has 1 atom stereocenters. The lowest BCUT2D eigenvalue weighted by atomic mass is 10.1. The number of hydrogen-bond donors (Lipinski definition) is 1. The number of hydrogen-bond acceptors (Lipinski definition) is 2. The van der Waals surface area contributed by atoms with Crippen molar-refractivity contribution in [3.05, 3.63) is 65.2 Å². The Morgan fingerprint density at radius 2 is 1.81 bits per heavy atom.